The lowest BCUT2D eigenvalue weighted by Gasteiger charge is -2.25. The van der Waals surface area contributed by atoms with Gasteiger partial charge < -0.3 is 4.42 Å². The van der Waals surface area contributed by atoms with Crippen molar-refractivity contribution in [2.24, 2.45) is 0 Å². The maximum atomic E-state index is 14.2. The summed E-state index contributed by atoms with van der Waals surface area (Å²) in [5.74, 6) is 0.246. The van der Waals surface area contributed by atoms with Gasteiger partial charge in [0.15, 0.2) is 5.13 Å². The maximum absolute atomic E-state index is 14.2. The number of rotatable bonds is 7. The van der Waals surface area contributed by atoms with E-state index in [2.05, 4.69) is 19.1 Å². The van der Waals surface area contributed by atoms with E-state index < -0.39 is 5.92 Å². The van der Waals surface area contributed by atoms with Crippen LogP contribution in [0, 0.1) is 0 Å². The number of thiazole rings is 1. The first kappa shape index (κ1) is 21.2. The molecule has 0 N–H and O–H groups in total. The van der Waals surface area contributed by atoms with Gasteiger partial charge in [0.1, 0.15) is 5.76 Å². The third kappa shape index (κ3) is 4.45. The van der Waals surface area contributed by atoms with Gasteiger partial charge in [-0.2, -0.15) is 0 Å². The zero-order chi connectivity index (χ0) is 22.6. The molecule has 0 bridgehead atoms. The van der Waals surface area contributed by atoms with Crippen molar-refractivity contribution in [1.82, 2.24) is 4.98 Å². The Morgan fingerprint density at radius 1 is 0.939 bits per heavy atom. The van der Waals surface area contributed by atoms with Crippen molar-refractivity contribution in [1.29, 1.82) is 0 Å². The number of nitrogens with zero attached hydrogens (tertiary/aromatic N) is 2. The van der Waals surface area contributed by atoms with Gasteiger partial charge in [-0.25, -0.2) is 4.98 Å². The summed E-state index contributed by atoms with van der Waals surface area (Å²) in [6.07, 6.45) is 2.60. The molecule has 0 aliphatic heterocycles. The average Bonchev–Trinajstić information content (AvgIpc) is 3.53. The van der Waals surface area contributed by atoms with Crippen LogP contribution in [0.1, 0.15) is 35.3 Å². The van der Waals surface area contributed by atoms with Gasteiger partial charge in [0, 0.05) is 0 Å². The number of aryl methyl sites for hydroxylation is 1. The Kier molecular flexibility index (Phi) is 6.05. The van der Waals surface area contributed by atoms with E-state index in [1.54, 1.807) is 22.5 Å². The van der Waals surface area contributed by atoms with Crippen LogP contribution in [0.2, 0.25) is 0 Å². The molecule has 2 aromatic heterocycles. The molecule has 0 saturated heterocycles. The van der Waals surface area contributed by atoms with Crippen molar-refractivity contribution in [2.75, 3.05) is 4.90 Å². The second-order valence-corrected chi connectivity index (χ2v) is 8.92. The number of hydrogen-bond donors (Lipinski definition) is 0. The van der Waals surface area contributed by atoms with Crippen molar-refractivity contribution in [3.63, 3.8) is 0 Å². The van der Waals surface area contributed by atoms with E-state index in [4.69, 9.17) is 9.40 Å². The molecule has 0 unspecified atom stereocenters. The number of amides is 1. The number of carbonyl (C=O) groups excluding carboxylic acids is 1. The molecule has 3 aromatic carbocycles. The van der Waals surface area contributed by atoms with Crippen LogP contribution in [-0.4, -0.2) is 10.9 Å². The molecule has 0 spiro atoms. The third-order valence-electron chi connectivity index (χ3n) is 5.75. The molecule has 0 atom stereocenters. The number of carbonyl (C=O) groups is 1. The molecule has 0 saturated carbocycles. The molecule has 0 aliphatic carbocycles. The SMILES string of the molecule is CCc1ccc2nc(N(Cc3ccco3)C(=O)C(c3ccccc3)c3ccccc3)sc2c1. The van der Waals surface area contributed by atoms with Gasteiger partial charge in [0.25, 0.3) is 0 Å². The second kappa shape index (κ2) is 9.43. The number of benzene rings is 3. The summed E-state index contributed by atoms with van der Waals surface area (Å²) in [5.41, 5.74) is 4.06. The molecular weight excluding hydrogens is 428 g/mol. The Hall–Kier alpha value is -3.70. The lowest BCUT2D eigenvalue weighted by Crippen LogP contribution is -2.35. The highest BCUT2D eigenvalue weighted by Gasteiger charge is 2.31. The van der Waals surface area contributed by atoms with Crippen molar-refractivity contribution in [3.8, 4) is 0 Å². The Morgan fingerprint density at radius 2 is 1.64 bits per heavy atom. The van der Waals surface area contributed by atoms with Crippen molar-refractivity contribution in [3.05, 3.63) is 120 Å². The molecule has 33 heavy (non-hydrogen) atoms. The first-order valence-corrected chi connectivity index (χ1v) is 11.9. The predicted octanol–water partition coefficient (Wildman–Crippen LogP) is 6.82. The van der Waals surface area contributed by atoms with Crippen LogP contribution in [0.5, 0.6) is 0 Å². The molecular formula is C28H24N2O2S. The fourth-order valence-electron chi connectivity index (χ4n) is 4.01. The van der Waals surface area contributed by atoms with Gasteiger partial charge in [-0.15, -0.1) is 0 Å². The van der Waals surface area contributed by atoms with Crippen LogP contribution in [0.25, 0.3) is 10.2 Å². The third-order valence-corrected chi connectivity index (χ3v) is 6.79. The van der Waals surface area contributed by atoms with E-state index in [1.807, 2.05) is 78.9 Å². The fraction of sp³-hybridized carbons (Fsp3) is 0.143. The summed E-state index contributed by atoms with van der Waals surface area (Å²) >= 11 is 1.55. The maximum Gasteiger partial charge on any atom is 0.241 e. The summed E-state index contributed by atoms with van der Waals surface area (Å²) in [6, 6.07) is 29.9. The van der Waals surface area contributed by atoms with Crippen molar-refractivity contribution >= 4 is 32.6 Å². The standard InChI is InChI=1S/C28H24N2O2S/c1-2-20-15-16-24-25(18-20)33-28(29-24)30(19-23-14-9-17-32-23)27(31)26(21-10-5-3-6-11-21)22-12-7-4-8-13-22/h3-18,26H,2,19H2,1H3. The fourth-order valence-corrected chi connectivity index (χ4v) is 5.05. The van der Waals surface area contributed by atoms with Gasteiger partial charge in [-0.3, -0.25) is 9.69 Å². The number of aromatic nitrogens is 1. The molecule has 0 radical (unpaired) electrons. The summed E-state index contributed by atoms with van der Waals surface area (Å²) < 4.78 is 6.70. The second-order valence-electron chi connectivity index (χ2n) is 7.91. The van der Waals surface area contributed by atoms with Crippen molar-refractivity contribution in [2.45, 2.75) is 25.8 Å². The molecule has 4 nitrogen and oxygen atoms in total. The first-order chi connectivity index (χ1) is 16.2. The quantitative estimate of drug-likeness (QED) is 0.272. The molecule has 5 rings (SSSR count). The Labute approximate surface area is 197 Å². The van der Waals surface area contributed by atoms with E-state index in [9.17, 15) is 4.79 Å². The van der Waals surface area contributed by atoms with E-state index in [0.29, 0.717) is 11.7 Å². The van der Waals surface area contributed by atoms with E-state index in [0.717, 1.165) is 33.5 Å². The predicted molar refractivity (Wildman–Crippen MR) is 134 cm³/mol. The highest BCUT2D eigenvalue weighted by molar-refractivity contribution is 7.22. The Morgan fingerprint density at radius 3 is 2.24 bits per heavy atom. The highest BCUT2D eigenvalue weighted by Crippen LogP contribution is 2.35. The summed E-state index contributed by atoms with van der Waals surface area (Å²) in [7, 11) is 0. The van der Waals surface area contributed by atoms with Gasteiger partial charge in [-0.1, -0.05) is 85.0 Å². The highest BCUT2D eigenvalue weighted by atomic mass is 32.1. The van der Waals surface area contributed by atoms with Crippen molar-refractivity contribution < 1.29 is 9.21 Å². The molecule has 164 valence electrons. The number of anilines is 1. The minimum atomic E-state index is -0.444. The molecule has 1 amide bonds. The monoisotopic (exact) mass is 452 g/mol. The van der Waals surface area contributed by atoms with Crippen LogP contribution in [-0.2, 0) is 17.8 Å². The Balaban J connectivity index is 1.61. The smallest absolute Gasteiger partial charge is 0.241 e. The van der Waals surface area contributed by atoms with E-state index >= 15 is 0 Å². The van der Waals surface area contributed by atoms with Gasteiger partial charge in [-0.05, 0) is 47.4 Å². The number of fused-ring (bicyclic) bond motifs is 1. The minimum absolute atomic E-state index is 0.0291. The minimum Gasteiger partial charge on any atom is -0.467 e. The van der Waals surface area contributed by atoms with E-state index in [-0.39, 0.29) is 5.91 Å². The zero-order valence-electron chi connectivity index (χ0n) is 18.3. The van der Waals surface area contributed by atoms with Gasteiger partial charge in [0.05, 0.1) is 28.9 Å². The molecule has 0 fully saturated rings. The van der Waals surface area contributed by atoms with Crippen LogP contribution >= 0.6 is 11.3 Å². The average molecular weight is 453 g/mol. The van der Waals surface area contributed by atoms with Gasteiger partial charge in [0.2, 0.25) is 5.91 Å². The lowest BCUT2D eigenvalue weighted by atomic mass is 9.90. The largest absolute Gasteiger partial charge is 0.467 e. The zero-order valence-corrected chi connectivity index (χ0v) is 19.2. The topological polar surface area (TPSA) is 46.3 Å². The van der Waals surface area contributed by atoms with E-state index in [1.165, 1.54) is 5.56 Å². The normalized spacial score (nSPS) is 11.2. The summed E-state index contributed by atoms with van der Waals surface area (Å²) in [6.45, 7) is 2.46. The lowest BCUT2D eigenvalue weighted by molar-refractivity contribution is -0.119. The van der Waals surface area contributed by atoms with Gasteiger partial charge >= 0.3 is 0 Å². The summed E-state index contributed by atoms with van der Waals surface area (Å²) in [5, 5.41) is 0.677. The summed E-state index contributed by atoms with van der Waals surface area (Å²) in [4.78, 5) is 20.8. The number of hydrogen-bond acceptors (Lipinski definition) is 4. The molecule has 2 heterocycles. The Bertz CT molecular complexity index is 1310. The van der Waals surface area contributed by atoms with Crippen LogP contribution in [0.4, 0.5) is 5.13 Å². The number of furan rings is 1. The van der Waals surface area contributed by atoms with Crippen LogP contribution in [0.15, 0.2) is 102 Å². The van der Waals surface area contributed by atoms with Crippen LogP contribution < -0.4 is 4.90 Å². The molecule has 0 aliphatic rings. The van der Waals surface area contributed by atoms with Crippen LogP contribution in [0.3, 0.4) is 0 Å². The molecule has 5 heteroatoms. The first-order valence-electron chi connectivity index (χ1n) is 11.1. The molecule has 5 aromatic rings.